The Balaban J connectivity index is 1.39. The van der Waals surface area contributed by atoms with Crippen molar-refractivity contribution in [2.45, 2.75) is 38.6 Å². The zero-order chi connectivity index (χ0) is 23.1. The molecular weight excluding hydrogens is 424 g/mol. The lowest BCUT2D eigenvalue weighted by atomic mass is 9.86. The Bertz CT molecular complexity index is 1370. The van der Waals surface area contributed by atoms with E-state index in [1.165, 1.54) is 16.7 Å². The van der Waals surface area contributed by atoms with Crippen LogP contribution < -0.4 is 9.47 Å². The molecule has 1 atom stereocenters. The van der Waals surface area contributed by atoms with E-state index in [1.54, 1.807) is 0 Å². The molecule has 0 aliphatic carbocycles. The summed E-state index contributed by atoms with van der Waals surface area (Å²) in [6.45, 7) is 3.80. The van der Waals surface area contributed by atoms with Crippen molar-refractivity contribution < 1.29 is 14.3 Å². The lowest BCUT2D eigenvalue weighted by Gasteiger charge is -2.30. The number of nitrogens with one attached hydrogen (secondary N) is 1. The number of para-hydroxylation sites is 2. The summed E-state index contributed by atoms with van der Waals surface area (Å²) < 4.78 is 11.5. The third-order valence-electron chi connectivity index (χ3n) is 7.25. The van der Waals surface area contributed by atoms with E-state index in [2.05, 4.69) is 66.6 Å². The number of nitrogens with zero attached hydrogens (tertiary/aromatic N) is 1. The third-order valence-corrected chi connectivity index (χ3v) is 7.25. The summed E-state index contributed by atoms with van der Waals surface area (Å²) in [5, 5.41) is 1.16. The number of H-pyrrole nitrogens is 1. The van der Waals surface area contributed by atoms with Crippen LogP contribution in [0.1, 0.15) is 47.1 Å². The second-order valence-corrected chi connectivity index (χ2v) is 9.11. The maximum Gasteiger partial charge on any atom is 0.231 e. The van der Waals surface area contributed by atoms with Gasteiger partial charge in [-0.1, -0.05) is 61.5 Å². The molecule has 6 rings (SSSR count). The Morgan fingerprint density at radius 2 is 1.85 bits per heavy atom. The number of aromatic amines is 1. The summed E-state index contributed by atoms with van der Waals surface area (Å²) in [4.78, 5) is 19.2. The zero-order valence-corrected chi connectivity index (χ0v) is 19.3. The first-order valence-electron chi connectivity index (χ1n) is 12.0. The Morgan fingerprint density at radius 1 is 1.00 bits per heavy atom. The van der Waals surface area contributed by atoms with Gasteiger partial charge in [-0.2, -0.15) is 0 Å². The Morgan fingerprint density at radius 3 is 2.74 bits per heavy atom. The number of rotatable bonds is 5. The van der Waals surface area contributed by atoms with Crippen LogP contribution >= 0.6 is 0 Å². The van der Waals surface area contributed by atoms with Gasteiger partial charge < -0.3 is 19.4 Å². The van der Waals surface area contributed by atoms with Crippen molar-refractivity contribution in [2.24, 2.45) is 0 Å². The first kappa shape index (κ1) is 20.8. The summed E-state index contributed by atoms with van der Waals surface area (Å²) >= 11 is 0. The molecule has 0 radical (unpaired) electrons. The van der Waals surface area contributed by atoms with Crippen LogP contribution in [-0.2, 0) is 24.2 Å². The summed E-state index contributed by atoms with van der Waals surface area (Å²) in [5.41, 5.74) is 7.14. The van der Waals surface area contributed by atoms with Gasteiger partial charge in [-0.25, -0.2) is 0 Å². The molecular formula is C29H28N2O3. The van der Waals surface area contributed by atoms with Gasteiger partial charge in [0.05, 0.1) is 0 Å². The molecule has 2 aliphatic heterocycles. The first-order chi connectivity index (χ1) is 16.7. The highest BCUT2D eigenvalue weighted by molar-refractivity contribution is 5.88. The lowest BCUT2D eigenvalue weighted by Crippen LogP contribution is -2.36. The number of hydrogen-bond acceptors (Lipinski definition) is 3. The molecule has 5 heteroatoms. The van der Waals surface area contributed by atoms with Crippen LogP contribution in [0, 0.1) is 0 Å². The van der Waals surface area contributed by atoms with E-state index in [0.717, 1.165) is 52.9 Å². The highest BCUT2D eigenvalue weighted by Crippen LogP contribution is 2.44. The molecule has 3 aromatic carbocycles. The second kappa shape index (κ2) is 8.56. The number of aryl methyl sites for hydroxylation is 1. The van der Waals surface area contributed by atoms with Gasteiger partial charge in [0.25, 0.3) is 0 Å². The quantitative estimate of drug-likeness (QED) is 0.431. The van der Waals surface area contributed by atoms with Crippen LogP contribution in [-0.4, -0.2) is 29.1 Å². The van der Waals surface area contributed by atoms with Gasteiger partial charge in [-0.3, -0.25) is 4.79 Å². The van der Waals surface area contributed by atoms with Crippen LogP contribution in [0.3, 0.4) is 0 Å². The van der Waals surface area contributed by atoms with E-state index < -0.39 is 0 Å². The first-order valence-corrected chi connectivity index (χ1v) is 12.0. The monoisotopic (exact) mass is 452 g/mol. The molecule has 2 aliphatic rings. The second-order valence-electron chi connectivity index (χ2n) is 9.11. The number of benzene rings is 3. The zero-order valence-electron chi connectivity index (χ0n) is 19.3. The number of ether oxygens (including phenoxy) is 2. The SMILES string of the molecule is CCc1cccc2c(C(CC(=O)N3CCc4ccccc4C3)c3cccc4c3OCO4)c[nH]c12. The molecule has 5 nitrogen and oxygen atoms in total. The number of aromatic nitrogens is 1. The van der Waals surface area contributed by atoms with Gasteiger partial charge in [-0.05, 0) is 41.2 Å². The van der Waals surface area contributed by atoms with Gasteiger partial charge in [0.2, 0.25) is 12.7 Å². The highest BCUT2D eigenvalue weighted by atomic mass is 16.7. The topological polar surface area (TPSA) is 54.6 Å². The Hall–Kier alpha value is -3.73. The molecule has 0 fully saturated rings. The molecule has 0 saturated carbocycles. The average molecular weight is 453 g/mol. The fraction of sp³-hybridized carbons (Fsp3) is 0.276. The Labute approximate surface area is 199 Å². The van der Waals surface area contributed by atoms with Crippen LogP contribution in [0.15, 0.2) is 66.9 Å². The van der Waals surface area contributed by atoms with Gasteiger partial charge in [0.15, 0.2) is 11.5 Å². The molecule has 1 aromatic heterocycles. The fourth-order valence-corrected chi connectivity index (χ4v) is 5.45. The smallest absolute Gasteiger partial charge is 0.231 e. The Kier molecular flexibility index (Phi) is 5.25. The molecule has 3 heterocycles. The van der Waals surface area contributed by atoms with Crippen molar-refractivity contribution in [3.8, 4) is 11.5 Å². The molecule has 1 N–H and O–H groups in total. The summed E-state index contributed by atoms with van der Waals surface area (Å²) in [7, 11) is 0. The van der Waals surface area contributed by atoms with Gasteiger partial charge in [0.1, 0.15) is 0 Å². The van der Waals surface area contributed by atoms with Crippen molar-refractivity contribution >= 4 is 16.8 Å². The van der Waals surface area contributed by atoms with Gasteiger partial charge >= 0.3 is 0 Å². The van der Waals surface area contributed by atoms with Crippen molar-refractivity contribution in [3.05, 3.63) is 94.7 Å². The maximum absolute atomic E-state index is 13.7. The largest absolute Gasteiger partial charge is 0.454 e. The molecule has 0 saturated heterocycles. The number of carbonyl (C=O) groups excluding carboxylic acids is 1. The van der Waals surface area contributed by atoms with Crippen LogP contribution in [0.2, 0.25) is 0 Å². The van der Waals surface area contributed by atoms with Gasteiger partial charge in [0, 0.05) is 48.1 Å². The van der Waals surface area contributed by atoms with Crippen LogP contribution in [0.5, 0.6) is 11.5 Å². The normalized spacial score (nSPS) is 15.4. The van der Waals surface area contributed by atoms with E-state index in [9.17, 15) is 4.79 Å². The van der Waals surface area contributed by atoms with Crippen LogP contribution in [0.25, 0.3) is 10.9 Å². The minimum Gasteiger partial charge on any atom is -0.454 e. The summed E-state index contributed by atoms with van der Waals surface area (Å²) in [6, 6.07) is 20.8. The third kappa shape index (κ3) is 3.52. The van der Waals surface area contributed by atoms with Gasteiger partial charge in [-0.15, -0.1) is 0 Å². The van der Waals surface area contributed by atoms with Crippen LogP contribution in [0.4, 0.5) is 0 Å². The fourth-order valence-electron chi connectivity index (χ4n) is 5.45. The van der Waals surface area contributed by atoms with Crippen molar-refractivity contribution in [1.29, 1.82) is 0 Å². The van der Waals surface area contributed by atoms with Crippen molar-refractivity contribution in [3.63, 3.8) is 0 Å². The van der Waals surface area contributed by atoms with Crippen molar-refractivity contribution in [1.82, 2.24) is 9.88 Å². The van der Waals surface area contributed by atoms with E-state index >= 15 is 0 Å². The van der Waals surface area contributed by atoms with E-state index in [1.807, 2.05) is 17.0 Å². The minimum absolute atomic E-state index is 0.137. The molecule has 0 bridgehead atoms. The lowest BCUT2D eigenvalue weighted by molar-refractivity contribution is -0.132. The standard InChI is InChI=1S/C29H28N2O3/c1-2-19-9-5-10-22-25(16-30-28(19)22)24(23-11-6-12-26-29(23)34-18-33-26)15-27(32)31-14-13-20-7-3-4-8-21(20)17-31/h3-12,16,24,30H,2,13-15,17-18H2,1H3. The number of carbonyl (C=O) groups is 1. The van der Waals surface area contributed by atoms with E-state index in [-0.39, 0.29) is 18.6 Å². The number of amides is 1. The number of fused-ring (bicyclic) bond motifs is 3. The highest BCUT2D eigenvalue weighted by Gasteiger charge is 2.30. The molecule has 4 aromatic rings. The van der Waals surface area contributed by atoms with E-state index in [4.69, 9.17) is 9.47 Å². The average Bonchev–Trinajstić information content (AvgIpc) is 3.54. The van der Waals surface area contributed by atoms with Crippen molar-refractivity contribution in [2.75, 3.05) is 13.3 Å². The maximum atomic E-state index is 13.7. The summed E-state index contributed by atoms with van der Waals surface area (Å²) in [5.74, 6) is 1.53. The summed E-state index contributed by atoms with van der Waals surface area (Å²) in [6.07, 6.45) is 4.30. The molecule has 34 heavy (non-hydrogen) atoms. The molecule has 1 amide bonds. The molecule has 172 valence electrons. The number of hydrogen-bond donors (Lipinski definition) is 1. The minimum atomic E-state index is -0.137. The molecule has 1 unspecified atom stereocenters. The predicted octanol–water partition coefficient (Wildman–Crippen LogP) is 5.57. The van der Waals surface area contributed by atoms with E-state index in [0.29, 0.717) is 13.0 Å². The molecule has 0 spiro atoms. The predicted molar refractivity (Wildman–Crippen MR) is 132 cm³/mol.